The second-order valence-electron chi connectivity index (χ2n) is 5.29. The first kappa shape index (κ1) is 16.3. The summed E-state index contributed by atoms with van der Waals surface area (Å²) < 4.78 is 28.0. The second-order valence-corrected chi connectivity index (χ2v) is 9.70. The maximum absolute atomic E-state index is 12.4. The summed E-state index contributed by atoms with van der Waals surface area (Å²) in [5, 5.41) is 0. The van der Waals surface area contributed by atoms with Gasteiger partial charge in [0.15, 0.2) is 0 Å². The van der Waals surface area contributed by atoms with Crippen LogP contribution in [-0.4, -0.2) is 26.0 Å². The van der Waals surface area contributed by atoms with E-state index in [2.05, 4.69) is 11.0 Å². The topological polar surface area (TPSA) is 72.2 Å². The Hall–Kier alpha value is -0.0800. The molecule has 2 rings (SSSR count). The lowest BCUT2D eigenvalue weighted by molar-refractivity contribution is 0.552. The SMILES string of the molecule is CSC1(CNS(=O)(=O)c2cc(C)c(CN)s2)CCCC1. The minimum absolute atomic E-state index is 0.0794. The van der Waals surface area contributed by atoms with Crippen LogP contribution in [0.3, 0.4) is 0 Å². The van der Waals surface area contributed by atoms with Crippen molar-refractivity contribution >= 4 is 33.1 Å². The van der Waals surface area contributed by atoms with Gasteiger partial charge in [-0.3, -0.25) is 0 Å². The third kappa shape index (κ3) is 3.39. The molecule has 1 aromatic rings. The molecule has 0 atom stereocenters. The first-order valence-electron chi connectivity index (χ1n) is 6.77. The van der Waals surface area contributed by atoms with E-state index in [1.807, 2.05) is 6.92 Å². The summed E-state index contributed by atoms with van der Waals surface area (Å²) in [5.74, 6) is 0. The molecule has 4 nitrogen and oxygen atoms in total. The first-order chi connectivity index (χ1) is 9.42. The molecule has 0 aromatic carbocycles. The number of nitrogens with one attached hydrogen (secondary N) is 1. The molecule has 7 heteroatoms. The van der Waals surface area contributed by atoms with Crippen molar-refractivity contribution in [2.45, 2.75) is 48.1 Å². The van der Waals surface area contributed by atoms with Crippen molar-refractivity contribution in [3.63, 3.8) is 0 Å². The van der Waals surface area contributed by atoms with E-state index in [0.717, 1.165) is 23.3 Å². The van der Waals surface area contributed by atoms with Crippen molar-refractivity contribution in [1.82, 2.24) is 4.72 Å². The summed E-state index contributed by atoms with van der Waals surface area (Å²) in [7, 11) is -3.41. The van der Waals surface area contributed by atoms with Crippen LogP contribution in [0.1, 0.15) is 36.1 Å². The summed E-state index contributed by atoms with van der Waals surface area (Å²) in [5.41, 5.74) is 6.57. The highest BCUT2D eigenvalue weighted by Crippen LogP contribution is 2.40. The fourth-order valence-corrected chi connectivity index (χ4v) is 6.24. The summed E-state index contributed by atoms with van der Waals surface area (Å²) in [6.45, 7) is 2.81. The number of aryl methyl sites for hydroxylation is 1. The van der Waals surface area contributed by atoms with Gasteiger partial charge in [-0.05, 0) is 37.7 Å². The molecule has 1 heterocycles. The van der Waals surface area contributed by atoms with Crippen LogP contribution < -0.4 is 10.5 Å². The van der Waals surface area contributed by atoms with E-state index in [-0.39, 0.29) is 4.75 Å². The van der Waals surface area contributed by atoms with Crippen molar-refractivity contribution in [1.29, 1.82) is 0 Å². The predicted molar refractivity (Wildman–Crippen MR) is 86.8 cm³/mol. The lowest BCUT2D eigenvalue weighted by Crippen LogP contribution is -2.38. The molecule has 1 fully saturated rings. The van der Waals surface area contributed by atoms with Crippen LogP contribution in [0.4, 0.5) is 0 Å². The fraction of sp³-hybridized carbons (Fsp3) is 0.692. The molecule has 1 aliphatic rings. The molecule has 114 valence electrons. The molecule has 1 aliphatic carbocycles. The van der Waals surface area contributed by atoms with Gasteiger partial charge in [0.2, 0.25) is 10.0 Å². The van der Waals surface area contributed by atoms with Gasteiger partial charge in [-0.2, -0.15) is 11.8 Å². The Kier molecular flexibility index (Phi) is 5.18. The van der Waals surface area contributed by atoms with Gasteiger partial charge < -0.3 is 5.73 Å². The van der Waals surface area contributed by atoms with Crippen molar-refractivity contribution in [3.05, 3.63) is 16.5 Å². The molecule has 1 saturated carbocycles. The molecular weight excluding hydrogens is 312 g/mol. The minimum Gasteiger partial charge on any atom is -0.326 e. The Labute approximate surface area is 129 Å². The zero-order valence-electron chi connectivity index (χ0n) is 11.9. The molecule has 0 radical (unpaired) electrons. The lowest BCUT2D eigenvalue weighted by Gasteiger charge is -2.26. The van der Waals surface area contributed by atoms with Crippen LogP contribution in [0.15, 0.2) is 10.3 Å². The van der Waals surface area contributed by atoms with E-state index < -0.39 is 10.0 Å². The summed E-state index contributed by atoms with van der Waals surface area (Å²) in [4.78, 5) is 0.936. The van der Waals surface area contributed by atoms with E-state index in [0.29, 0.717) is 17.3 Å². The zero-order chi connectivity index (χ0) is 14.8. The molecule has 1 aromatic heterocycles. The number of rotatable bonds is 6. The molecule has 0 unspecified atom stereocenters. The normalized spacial score (nSPS) is 18.6. The second kappa shape index (κ2) is 6.36. The highest BCUT2D eigenvalue weighted by atomic mass is 32.2. The summed E-state index contributed by atoms with van der Waals surface area (Å²) in [6, 6.07) is 1.72. The van der Waals surface area contributed by atoms with E-state index in [1.54, 1.807) is 17.8 Å². The van der Waals surface area contributed by atoms with Gasteiger partial charge in [0.25, 0.3) is 0 Å². The van der Waals surface area contributed by atoms with Gasteiger partial charge >= 0.3 is 0 Å². The van der Waals surface area contributed by atoms with Crippen LogP contribution in [0.25, 0.3) is 0 Å². The first-order valence-corrected chi connectivity index (χ1v) is 10.3. The van der Waals surface area contributed by atoms with Crippen LogP contribution in [0.2, 0.25) is 0 Å². The predicted octanol–water partition coefficient (Wildman–Crippen LogP) is 2.47. The van der Waals surface area contributed by atoms with Crippen molar-refractivity contribution in [2.75, 3.05) is 12.8 Å². The average Bonchev–Trinajstić information content (AvgIpc) is 3.04. The summed E-state index contributed by atoms with van der Waals surface area (Å²) >= 11 is 3.06. The molecule has 0 bridgehead atoms. The van der Waals surface area contributed by atoms with Gasteiger partial charge in [0, 0.05) is 22.7 Å². The Morgan fingerprint density at radius 2 is 2.10 bits per heavy atom. The smallest absolute Gasteiger partial charge is 0.250 e. The van der Waals surface area contributed by atoms with Crippen LogP contribution in [-0.2, 0) is 16.6 Å². The molecule has 20 heavy (non-hydrogen) atoms. The number of thiophene rings is 1. The standard InChI is InChI=1S/C13H22N2O2S3/c1-10-7-12(19-11(10)8-14)20(16,17)15-9-13(18-2)5-3-4-6-13/h7,15H,3-6,8-9,14H2,1-2H3. The molecule has 0 amide bonds. The number of nitrogens with two attached hydrogens (primary N) is 1. The van der Waals surface area contributed by atoms with Gasteiger partial charge in [-0.15, -0.1) is 11.3 Å². The van der Waals surface area contributed by atoms with Crippen molar-refractivity contribution in [3.8, 4) is 0 Å². The number of hydrogen-bond donors (Lipinski definition) is 2. The monoisotopic (exact) mass is 334 g/mol. The number of thioether (sulfide) groups is 1. The third-order valence-electron chi connectivity index (χ3n) is 3.98. The van der Waals surface area contributed by atoms with Gasteiger partial charge in [-0.1, -0.05) is 12.8 Å². The van der Waals surface area contributed by atoms with E-state index in [4.69, 9.17) is 5.73 Å². The largest absolute Gasteiger partial charge is 0.326 e. The van der Waals surface area contributed by atoms with E-state index in [9.17, 15) is 8.42 Å². The molecular formula is C13H22N2O2S3. The van der Waals surface area contributed by atoms with Gasteiger partial charge in [-0.25, -0.2) is 13.1 Å². The van der Waals surface area contributed by atoms with Crippen LogP contribution in [0.5, 0.6) is 0 Å². The maximum atomic E-state index is 12.4. The average molecular weight is 335 g/mol. The zero-order valence-corrected chi connectivity index (χ0v) is 14.4. The molecule has 0 aliphatic heterocycles. The minimum atomic E-state index is -3.41. The summed E-state index contributed by atoms with van der Waals surface area (Å²) in [6.07, 6.45) is 6.64. The fourth-order valence-electron chi connectivity index (χ4n) is 2.59. The third-order valence-corrected chi connectivity index (χ3v) is 8.53. The number of hydrogen-bond acceptors (Lipinski definition) is 5. The Morgan fingerprint density at radius 3 is 2.60 bits per heavy atom. The number of sulfonamides is 1. The van der Waals surface area contributed by atoms with E-state index in [1.165, 1.54) is 24.2 Å². The maximum Gasteiger partial charge on any atom is 0.250 e. The van der Waals surface area contributed by atoms with Crippen molar-refractivity contribution in [2.24, 2.45) is 5.73 Å². The Morgan fingerprint density at radius 1 is 1.45 bits per heavy atom. The Balaban J connectivity index is 2.10. The van der Waals surface area contributed by atoms with Crippen LogP contribution in [0, 0.1) is 6.92 Å². The molecule has 0 spiro atoms. The van der Waals surface area contributed by atoms with E-state index >= 15 is 0 Å². The quantitative estimate of drug-likeness (QED) is 0.838. The van der Waals surface area contributed by atoms with Gasteiger partial charge in [0.05, 0.1) is 0 Å². The van der Waals surface area contributed by atoms with Crippen LogP contribution >= 0.6 is 23.1 Å². The Bertz CT molecular complexity index is 560. The molecule has 3 N–H and O–H groups in total. The highest BCUT2D eigenvalue weighted by Gasteiger charge is 2.34. The highest BCUT2D eigenvalue weighted by molar-refractivity contribution is 8.00. The molecule has 0 saturated heterocycles. The lowest BCUT2D eigenvalue weighted by atomic mass is 10.1. The van der Waals surface area contributed by atoms with Crippen molar-refractivity contribution < 1.29 is 8.42 Å². The van der Waals surface area contributed by atoms with Gasteiger partial charge in [0.1, 0.15) is 4.21 Å².